The summed E-state index contributed by atoms with van der Waals surface area (Å²) in [7, 11) is 0. The predicted molar refractivity (Wildman–Crippen MR) is 58.5 cm³/mol. The van der Waals surface area contributed by atoms with Gasteiger partial charge in [-0.1, -0.05) is 12.1 Å². The summed E-state index contributed by atoms with van der Waals surface area (Å²) in [4.78, 5) is 11.1. The minimum Gasteiger partial charge on any atom is -0.484 e. The minimum atomic E-state index is -0.115. The Hall–Kier alpha value is -1.55. The molecule has 0 saturated heterocycles. The Morgan fingerprint density at radius 1 is 1.53 bits per heavy atom. The van der Waals surface area contributed by atoms with E-state index in [0.29, 0.717) is 18.8 Å². The van der Waals surface area contributed by atoms with Crippen LogP contribution in [0.4, 0.5) is 0 Å². The van der Waals surface area contributed by atoms with E-state index in [1.54, 1.807) is 6.07 Å². The van der Waals surface area contributed by atoms with Crippen LogP contribution in [0.15, 0.2) is 24.3 Å². The number of nitrogens with two attached hydrogens (primary N) is 1. The van der Waals surface area contributed by atoms with Gasteiger partial charge >= 0.3 is 0 Å². The van der Waals surface area contributed by atoms with Crippen molar-refractivity contribution in [1.29, 1.82) is 0 Å². The van der Waals surface area contributed by atoms with Gasteiger partial charge in [-0.25, -0.2) is 0 Å². The smallest absolute Gasteiger partial charge is 0.257 e. The molecule has 0 unspecified atom stereocenters. The third kappa shape index (κ3) is 3.99. The highest BCUT2D eigenvalue weighted by Crippen LogP contribution is 2.12. The summed E-state index contributed by atoms with van der Waals surface area (Å²) in [5.74, 6) is 0.555. The topological polar surface area (TPSA) is 64.3 Å². The highest BCUT2D eigenvalue weighted by atomic mass is 16.5. The largest absolute Gasteiger partial charge is 0.484 e. The van der Waals surface area contributed by atoms with Gasteiger partial charge in [0, 0.05) is 13.1 Å². The molecule has 0 aliphatic heterocycles. The third-order valence-electron chi connectivity index (χ3n) is 1.88. The van der Waals surface area contributed by atoms with Gasteiger partial charge in [0.05, 0.1) is 0 Å². The van der Waals surface area contributed by atoms with Crippen molar-refractivity contribution in [2.24, 2.45) is 5.73 Å². The minimum absolute atomic E-state index is 0.0435. The van der Waals surface area contributed by atoms with E-state index in [9.17, 15) is 4.79 Å². The Balaban J connectivity index is 2.46. The van der Waals surface area contributed by atoms with E-state index >= 15 is 0 Å². The number of carbonyl (C=O) groups is 1. The van der Waals surface area contributed by atoms with Gasteiger partial charge in [-0.05, 0) is 24.6 Å². The van der Waals surface area contributed by atoms with Crippen molar-refractivity contribution in [2.45, 2.75) is 13.5 Å². The molecule has 15 heavy (non-hydrogen) atoms. The van der Waals surface area contributed by atoms with E-state index in [2.05, 4.69) is 5.32 Å². The van der Waals surface area contributed by atoms with Crippen molar-refractivity contribution in [2.75, 3.05) is 13.2 Å². The zero-order chi connectivity index (χ0) is 11.1. The van der Waals surface area contributed by atoms with Crippen LogP contribution in [0.5, 0.6) is 5.75 Å². The molecule has 4 nitrogen and oxygen atoms in total. The second kappa shape index (κ2) is 6.03. The lowest BCUT2D eigenvalue weighted by Gasteiger charge is -2.06. The Morgan fingerprint density at radius 3 is 3.00 bits per heavy atom. The SMILES string of the molecule is CCNC(=O)COc1cccc(CN)c1. The molecule has 0 bridgehead atoms. The molecule has 1 aromatic rings. The highest BCUT2D eigenvalue weighted by molar-refractivity contribution is 5.77. The molecule has 82 valence electrons. The van der Waals surface area contributed by atoms with Crippen molar-refractivity contribution >= 4 is 5.91 Å². The molecule has 1 aromatic carbocycles. The summed E-state index contributed by atoms with van der Waals surface area (Å²) in [6, 6.07) is 7.41. The fourth-order valence-electron chi connectivity index (χ4n) is 1.16. The zero-order valence-corrected chi connectivity index (χ0v) is 8.82. The standard InChI is InChI=1S/C11H16N2O2/c1-2-13-11(14)8-15-10-5-3-4-9(6-10)7-12/h3-6H,2,7-8,12H2,1H3,(H,13,14). The first-order valence-corrected chi connectivity index (χ1v) is 4.94. The summed E-state index contributed by atoms with van der Waals surface area (Å²) in [5, 5.41) is 2.66. The number of benzene rings is 1. The van der Waals surface area contributed by atoms with Crippen LogP contribution in [0.3, 0.4) is 0 Å². The average molecular weight is 208 g/mol. The normalized spacial score (nSPS) is 9.73. The molecule has 0 spiro atoms. The molecule has 1 amide bonds. The Bertz CT molecular complexity index is 326. The van der Waals surface area contributed by atoms with Crippen LogP contribution < -0.4 is 15.8 Å². The number of hydrogen-bond acceptors (Lipinski definition) is 3. The Labute approximate surface area is 89.4 Å². The highest BCUT2D eigenvalue weighted by Gasteiger charge is 2.00. The predicted octanol–water partition coefficient (Wildman–Crippen LogP) is 0.660. The molecule has 1 rings (SSSR count). The van der Waals surface area contributed by atoms with Crippen LogP contribution in [0.25, 0.3) is 0 Å². The number of amides is 1. The summed E-state index contributed by atoms with van der Waals surface area (Å²) >= 11 is 0. The number of nitrogens with one attached hydrogen (secondary N) is 1. The van der Waals surface area contributed by atoms with Gasteiger partial charge in [0.15, 0.2) is 6.61 Å². The van der Waals surface area contributed by atoms with Gasteiger partial charge in [0.25, 0.3) is 5.91 Å². The number of rotatable bonds is 5. The van der Waals surface area contributed by atoms with E-state index in [4.69, 9.17) is 10.5 Å². The lowest BCUT2D eigenvalue weighted by molar-refractivity contribution is -0.122. The molecular formula is C11H16N2O2. The number of ether oxygens (including phenoxy) is 1. The van der Waals surface area contributed by atoms with E-state index in [0.717, 1.165) is 5.56 Å². The lowest BCUT2D eigenvalue weighted by atomic mass is 10.2. The monoisotopic (exact) mass is 208 g/mol. The van der Waals surface area contributed by atoms with E-state index in [1.807, 2.05) is 25.1 Å². The van der Waals surface area contributed by atoms with Crippen molar-refractivity contribution in [1.82, 2.24) is 5.32 Å². The van der Waals surface area contributed by atoms with Crippen molar-refractivity contribution in [3.8, 4) is 5.75 Å². The van der Waals surface area contributed by atoms with Crippen LogP contribution in [-0.2, 0) is 11.3 Å². The fourth-order valence-corrected chi connectivity index (χ4v) is 1.16. The van der Waals surface area contributed by atoms with E-state index < -0.39 is 0 Å². The first-order chi connectivity index (χ1) is 7.26. The molecule has 0 heterocycles. The van der Waals surface area contributed by atoms with Crippen molar-refractivity contribution in [3.05, 3.63) is 29.8 Å². The summed E-state index contributed by atoms with van der Waals surface area (Å²) in [5.41, 5.74) is 6.48. The average Bonchev–Trinajstić information content (AvgIpc) is 2.27. The van der Waals surface area contributed by atoms with Crippen LogP contribution >= 0.6 is 0 Å². The molecule has 0 aliphatic rings. The molecule has 0 radical (unpaired) electrons. The van der Waals surface area contributed by atoms with Gasteiger partial charge in [-0.2, -0.15) is 0 Å². The summed E-state index contributed by atoms with van der Waals surface area (Å²) in [6.07, 6.45) is 0. The number of carbonyl (C=O) groups excluding carboxylic acids is 1. The quantitative estimate of drug-likeness (QED) is 0.747. The van der Waals surface area contributed by atoms with Crippen molar-refractivity contribution in [3.63, 3.8) is 0 Å². The zero-order valence-electron chi connectivity index (χ0n) is 8.82. The first kappa shape index (κ1) is 11.5. The molecule has 0 aliphatic carbocycles. The van der Waals surface area contributed by atoms with Crippen LogP contribution in [0, 0.1) is 0 Å². The maximum absolute atomic E-state index is 11.1. The summed E-state index contributed by atoms with van der Waals surface area (Å²) < 4.78 is 5.30. The third-order valence-corrected chi connectivity index (χ3v) is 1.88. The van der Waals surface area contributed by atoms with Crippen molar-refractivity contribution < 1.29 is 9.53 Å². The first-order valence-electron chi connectivity index (χ1n) is 4.94. The van der Waals surface area contributed by atoms with Gasteiger partial charge in [0.2, 0.25) is 0 Å². The van der Waals surface area contributed by atoms with Gasteiger partial charge < -0.3 is 15.8 Å². The molecule has 0 atom stereocenters. The molecule has 3 N–H and O–H groups in total. The lowest BCUT2D eigenvalue weighted by Crippen LogP contribution is -2.28. The molecule has 0 saturated carbocycles. The molecule has 0 aromatic heterocycles. The van der Waals surface area contributed by atoms with E-state index in [1.165, 1.54) is 0 Å². The maximum Gasteiger partial charge on any atom is 0.257 e. The van der Waals surface area contributed by atoms with Crippen LogP contribution in [0.1, 0.15) is 12.5 Å². The van der Waals surface area contributed by atoms with Gasteiger partial charge in [-0.3, -0.25) is 4.79 Å². The Kier molecular flexibility index (Phi) is 4.63. The second-order valence-electron chi connectivity index (χ2n) is 3.09. The fraction of sp³-hybridized carbons (Fsp3) is 0.364. The second-order valence-corrected chi connectivity index (χ2v) is 3.09. The van der Waals surface area contributed by atoms with E-state index in [-0.39, 0.29) is 12.5 Å². The van der Waals surface area contributed by atoms with Gasteiger partial charge in [-0.15, -0.1) is 0 Å². The molecular weight excluding hydrogens is 192 g/mol. The van der Waals surface area contributed by atoms with Crippen LogP contribution in [0.2, 0.25) is 0 Å². The molecule has 4 heteroatoms. The maximum atomic E-state index is 11.1. The van der Waals surface area contributed by atoms with Gasteiger partial charge in [0.1, 0.15) is 5.75 Å². The Morgan fingerprint density at radius 2 is 2.33 bits per heavy atom. The number of likely N-dealkylation sites (N-methyl/N-ethyl adjacent to an activating group) is 1. The number of hydrogen-bond donors (Lipinski definition) is 2. The molecule has 0 fully saturated rings. The summed E-state index contributed by atoms with van der Waals surface area (Å²) in [6.45, 7) is 3.00. The van der Waals surface area contributed by atoms with Crippen LogP contribution in [-0.4, -0.2) is 19.1 Å².